The number of benzene rings is 2. The highest BCUT2D eigenvalue weighted by Gasteiger charge is 2.08. The van der Waals surface area contributed by atoms with Gasteiger partial charge in [0.2, 0.25) is 5.91 Å². The van der Waals surface area contributed by atoms with Gasteiger partial charge in [0, 0.05) is 40.2 Å². The maximum Gasteiger partial charge on any atom is 0.250 e. The van der Waals surface area contributed by atoms with Gasteiger partial charge in [0.1, 0.15) is 0 Å². The Bertz CT molecular complexity index is 1020. The summed E-state index contributed by atoms with van der Waals surface area (Å²) in [4.78, 5) is 19.8. The fraction of sp³-hybridized carbons (Fsp3) is 0.190. The van der Waals surface area contributed by atoms with Crippen LogP contribution in [0.5, 0.6) is 0 Å². The number of hydrazone groups is 1. The third kappa shape index (κ3) is 5.33. The fourth-order valence-corrected chi connectivity index (χ4v) is 3.91. The normalized spacial score (nSPS) is 11.1. The monoisotopic (exact) mass is 456 g/mol. The second kappa shape index (κ2) is 9.21. The van der Waals surface area contributed by atoms with Crippen molar-refractivity contribution in [2.45, 2.75) is 11.8 Å². The number of rotatable bonds is 6. The van der Waals surface area contributed by atoms with E-state index in [-0.39, 0.29) is 11.7 Å². The Labute approximate surface area is 177 Å². The van der Waals surface area contributed by atoms with Gasteiger partial charge >= 0.3 is 0 Å². The Morgan fingerprint density at radius 2 is 1.96 bits per heavy atom. The molecule has 1 heterocycles. The highest BCUT2D eigenvalue weighted by Crippen LogP contribution is 2.29. The number of carbonyl (C=O) groups is 1. The molecule has 0 saturated heterocycles. The predicted molar refractivity (Wildman–Crippen MR) is 121 cm³/mol. The molecule has 1 N–H and O–H groups in total. The maximum atomic E-state index is 12.2. The smallest absolute Gasteiger partial charge is 0.250 e. The van der Waals surface area contributed by atoms with Crippen LogP contribution in [0.15, 0.2) is 63.0 Å². The highest BCUT2D eigenvalue weighted by molar-refractivity contribution is 9.10. The number of halogens is 1. The van der Waals surface area contributed by atoms with Gasteiger partial charge in [0.05, 0.1) is 17.5 Å². The first-order chi connectivity index (χ1) is 13.4. The Balaban J connectivity index is 1.60. The summed E-state index contributed by atoms with van der Waals surface area (Å²) in [6.07, 6.45) is 1.64. The molecule has 7 heteroatoms. The lowest BCUT2D eigenvalue weighted by molar-refractivity contribution is -0.118. The van der Waals surface area contributed by atoms with Crippen molar-refractivity contribution in [2.75, 3.05) is 24.7 Å². The molecule has 0 unspecified atom stereocenters. The minimum Gasteiger partial charge on any atom is -0.378 e. The average Bonchev–Trinajstić information content (AvgIpc) is 2.67. The minimum atomic E-state index is -0.149. The summed E-state index contributed by atoms with van der Waals surface area (Å²) >= 11 is 4.98. The lowest BCUT2D eigenvalue weighted by atomic mass is 10.2. The number of pyridine rings is 1. The summed E-state index contributed by atoms with van der Waals surface area (Å²) in [5.74, 6) is 0.130. The molecule has 144 valence electrons. The van der Waals surface area contributed by atoms with Crippen LogP contribution in [0.4, 0.5) is 5.69 Å². The van der Waals surface area contributed by atoms with Crippen molar-refractivity contribution in [2.24, 2.45) is 5.10 Å². The number of hydrogen-bond donors (Lipinski definition) is 1. The molecular formula is C21H21BrN4OS. The van der Waals surface area contributed by atoms with Crippen LogP contribution in [0, 0.1) is 6.92 Å². The summed E-state index contributed by atoms with van der Waals surface area (Å²) in [6, 6.07) is 15.9. The number of nitrogens with one attached hydrogen (secondary N) is 1. The topological polar surface area (TPSA) is 57.6 Å². The molecule has 28 heavy (non-hydrogen) atoms. The average molecular weight is 457 g/mol. The first-order valence-electron chi connectivity index (χ1n) is 8.71. The van der Waals surface area contributed by atoms with Crippen molar-refractivity contribution in [3.8, 4) is 0 Å². The molecule has 0 radical (unpaired) electrons. The third-order valence-electron chi connectivity index (χ3n) is 4.03. The Kier molecular flexibility index (Phi) is 6.70. The molecule has 0 saturated carbocycles. The van der Waals surface area contributed by atoms with E-state index in [0.29, 0.717) is 0 Å². The Morgan fingerprint density at radius 1 is 1.21 bits per heavy atom. The van der Waals surface area contributed by atoms with Gasteiger partial charge in [0.25, 0.3) is 0 Å². The standard InChI is InChI=1S/C21H21BrN4OS/c1-14-10-20(18-11-16(22)6-9-19(18)24-14)28-13-21(27)25-23-12-15-4-7-17(8-5-15)26(2)3/h4-12H,13H2,1-3H3,(H,25,27)/b23-12-. The lowest BCUT2D eigenvalue weighted by Gasteiger charge is -2.11. The molecule has 0 aliphatic heterocycles. The summed E-state index contributed by atoms with van der Waals surface area (Å²) in [7, 11) is 3.99. The molecule has 2 aromatic carbocycles. The van der Waals surface area contributed by atoms with Gasteiger partial charge in [-0.25, -0.2) is 5.43 Å². The van der Waals surface area contributed by atoms with Crippen molar-refractivity contribution in [3.05, 3.63) is 64.3 Å². The zero-order valence-corrected chi connectivity index (χ0v) is 18.3. The quantitative estimate of drug-likeness (QED) is 0.334. The Morgan fingerprint density at radius 3 is 2.68 bits per heavy atom. The van der Waals surface area contributed by atoms with Gasteiger partial charge in [-0.3, -0.25) is 9.78 Å². The number of fused-ring (bicyclic) bond motifs is 1. The van der Waals surface area contributed by atoms with Gasteiger partial charge in [-0.15, -0.1) is 11.8 Å². The molecular weight excluding hydrogens is 436 g/mol. The van der Waals surface area contributed by atoms with Crippen LogP contribution in [0.2, 0.25) is 0 Å². The molecule has 0 fully saturated rings. The van der Waals surface area contributed by atoms with Crippen LogP contribution >= 0.6 is 27.7 Å². The van der Waals surface area contributed by atoms with E-state index in [1.54, 1.807) is 6.21 Å². The van der Waals surface area contributed by atoms with E-state index >= 15 is 0 Å². The molecule has 3 aromatic rings. The number of carbonyl (C=O) groups excluding carboxylic acids is 1. The van der Waals surface area contributed by atoms with E-state index in [9.17, 15) is 4.79 Å². The molecule has 1 aromatic heterocycles. The first kappa shape index (κ1) is 20.4. The molecule has 0 atom stereocenters. The van der Waals surface area contributed by atoms with E-state index < -0.39 is 0 Å². The van der Waals surface area contributed by atoms with Crippen LogP contribution in [-0.2, 0) is 4.79 Å². The van der Waals surface area contributed by atoms with Crippen molar-refractivity contribution in [1.82, 2.24) is 10.4 Å². The van der Waals surface area contributed by atoms with Gasteiger partial charge in [0.15, 0.2) is 0 Å². The zero-order chi connectivity index (χ0) is 20.1. The fourth-order valence-electron chi connectivity index (χ4n) is 2.63. The number of hydrogen-bond acceptors (Lipinski definition) is 5. The van der Waals surface area contributed by atoms with Crippen LogP contribution in [0.25, 0.3) is 10.9 Å². The number of aryl methyl sites for hydroxylation is 1. The van der Waals surface area contributed by atoms with E-state index in [1.165, 1.54) is 11.8 Å². The molecule has 3 rings (SSSR count). The lowest BCUT2D eigenvalue weighted by Crippen LogP contribution is -2.19. The van der Waals surface area contributed by atoms with Crippen LogP contribution < -0.4 is 10.3 Å². The van der Waals surface area contributed by atoms with E-state index in [1.807, 2.05) is 74.4 Å². The number of thioether (sulfide) groups is 1. The third-order valence-corrected chi connectivity index (χ3v) is 5.58. The number of anilines is 1. The Hall–Kier alpha value is -2.38. The van der Waals surface area contributed by atoms with Crippen LogP contribution in [-0.4, -0.2) is 37.0 Å². The summed E-state index contributed by atoms with van der Waals surface area (Å²) < 4.78 is 0.988. The SMILES string of the molecule is Cc1cc(SCC(=O)N/N=C\c2ccc(N(C)C)cc2)c2cc(Br)ccc2n1. The van der Waals surface area contributed by atoms with E-state index in [4.69, 9.17) is 0 Å². The second-order valence-electron chi connectivity index (χ2n) is 6.49. The van der Waals surface area contributed by atoms with Crippen molar-refractivity contribution < 1.29 is 4.79 Å². The number of nitrogens with zero attached hydrogens (tertiary/aromatic N) is 3. The molecule has 1 amide bonds. The van der Waals surface area contributed by atoms with Crippen molar-refractivity contribution >= 4 is 56.4 Å². The second-order valence-corrected chi connectivity index (χ2v) is 8.42. The molecule has 5 nitrogen and oxygen atoms in total. The zero-order valence-electron chi connectivity index (χ0n) is 15.9. The molecule has 0 bridgehead atoms. The van der Waals surface area contributed by atoms with Gasteiger partial charge in [-0.05, 0) is 48.9 Å². The van der Waals surface area contributed by atoms with Crippen LogP contribution in [0.3, 0.4) is 0 Å². The summed E-state index contributed by atoms with van der Waals surface area (Å²) in [5.41, 5.74) is 6.48. The first-order valence-corrected chi connectivity index (χ1v) is 10.5. The number of aromatic nitrogens is 1. The van der Waals surface area contributed by atoms with Crippen molar-refractivity contribution in [1.29, 1.82) is 0 Å². The minimum absolute atomic E-state index is 0.149. The number of amides is 1. The predicted octanol–water partition coefficient (Wildman–Crippen LogP) is 4.61. The highest BCUT2D eigenvalue weighted by atomic mass is 79.9. The van der Waals surface area contributed by atoms with E-state index in [2.05, 4.69) is 31.4 Å². The maximum absolute atomic E-state index is 12.2. The van der Waals surface area contributed by atoms with Gasteiger partial charge < -0.3 is 4.90 Å². The largest absolute Gasteiger partial charge is 0.378 e. The van der Waals surface area contributed by atoms with Gasteiger partial charge in [-0.2, -0.15) is 5.10 Å². The molecule has 0 aliphatic carbocycles. The summed E-state index contributed by atoms with van der Waals surface area (Å²) in [6.45, 7) is 1.96. The van der Waals surface area contributed by atoms with Gasteiger partial charge in [-0.1, -0.05) is 28.1 Å². The summed E-state index contributed by atoms with van der Waals surface area (Å²) in [5, 5.41) is 5.08. The molecule has 0 aliphatic rings. The van der Waals surface area contributed by atoms with E-state index in [0.717, 1.165) is 37.2 Å². The molecule has 0 spiro atoms. The van der Waals surface area contributed by atoms with Crippen molar-refractivity contribution in [3.63, 3.8) is 0 Å². The van der Waals surface area contributed by atoms with Crippen LogP contribution in [0.1, 0.15) is 11.3 Å².